The van der Waals surface area contributed by atoms with Crippen LogP contribution in [0, 0.1) is 10.1 Å². The highest BCUT2D eigenvalue weighted by Gasteiger charge is 2.14. The number of benzene rings is 2. The van der Waals surface area contributed by atoms with E-state index in [2.05, 4.69) is 10.5 Å². The van der Waals surface area contributed by atoms with Gasteiger partial charge in [0.2, 0.25) is 0 Å². The molecule has 0 unspecified atom stereocenters. The topological polar surface area (TPSA) is 133 Å². The SMILES string of the molecule is CCOC(=O)c1ccc(-c2ccc(/C=N\NC(=O)COc3ccccc3[N+](=O)[O-])o2)cc1. The molecule has 0 saturated carbocycles. The molecule has 10 nitrogen and oxygen atoms in total. The van der Waals surface area contributed by atoms with Crippen LogP contribution in [-0.2, 0) is 9.53 Å². The van der Waals surface area contributed by atoms with Crippen LogP contribution in [0.15, 0.2) is 70.2 Å². The number of nitrogens with one attached hydrogen (secondary N) is 1. The van der Waals surface area contributed by atoms with Crippen molar-refractivity contribution in [2.24, 2.45) is 5.10 Å². The Labute approximate surface area is 182 Å². The van der Waals surface area contributed by atoms with E-state index in [1.807, 2.05) is 0 Å². The van der Waals surface area contributed by atoms with Crippen LogP contribution in [0.1, 0.15) is 23.0 Å². The third-order valence-corrected chi connectivity index (χ3v) is 4.11. The molecule has 0 atom stereocenters. The molecule has 1 amide bonds. The summed E-state index contributed by atoms with van der Waals surface area (Å²) in [6.07, 6.45) is 1.30. The average Bonchev–Trinajstić information content (AvgIpc) is 3.27. The van der Waals surface area contributed by atoms with E-state index >= 15 is 0 Å². The van der Waals surface area contributed by atoms with Gasteiger partial charge < -0.3 is 13.9 Å². The van der Waals surface area contributed by atoms with Gasteiger partial charge in [-0.2, -0.15) is 5.10 Å². The fourth-order valence-electron chi connectivity index (χ4n) is 2.64. The van der Waals surface area contributed by atoms with Crippen molar-refractivity contribution in [3.63, 3.8) is 0 Å². The van der Waals surface area contributed by atoms with Crippen molar-refractivity contribution < 1.29 is 28.4 Å². The number of carbonyl (C=O) groups is 2. The summed E-state index contributed by atoms with van der Waals surface area (Å²) in [4.78, 5) is 33.9. The first-order chi connectivity index (χ1) is 15.5. The van der Waals surface area contributed by atoms with Crippen LogP contribution in [0.5, 0.6) is 5.75 Å². The number of esters is 1. The molecule has 0 bridgehead atoms. The maximum absolute atomic E-state index is 11.9. The Morgan fingerprint density at radius 1 is 1.12 bits per heavy atom. The van der Waals surface area contributed by atoms with E-state index in [-0.39, 0.29) is 11.4 Å². The van der Waals surface area contributed by atoms with Crippen molar-refractivity contribution in [3.05, 3.63) is 82.1 Å². The van der Waals surface area contributed by atoms with Crippen LogP contribution in [0.3, 0.4) is 0 Å². The summed E-state index contributed by atoms with van der Waals surface area (Å²) >= 11 is 0. The predicted octanol–water partition coefficient (Wildman–Crippen LogP) is 3.56. The Morgan fingerprint density at radius 3 is 2.59 bits per heavy atom. The molecule has 0 aliphatic rings. The molecule has 0 aliphatic carbocycles. The summed E-state index contributed by atoms with van der Waals surface area (Å²) in [5.41, 5.74) is 3.21. The van der Waals surface area contributed by atoms with Crippen LogP contribution in [0.25, 0.3) is 11.3 Å². The molecule has 0 aliphatic heterocycles. The monoisotopic (exact) mass is 437 g/mol. The lowest BCUT2D eigenvalue weighted by Crippen LogP contribution is -2.24. The summed E-state index contributed by atoms with van der Waals surface area (Å²) in [6, 6.07) is 15.9. The first-order valence-corrected chi connectivity index (χ1v) is 9.53. The summed E-state index contributed by atoms with van der Waals surface area (Å²) in [6.45, 7) is 1.59. The van der Waals surface area contributed by atoms with Crippen molar-refractivity contribution in [2.75, 3.05) is 13.2 Å². The molecule has 0 spiro atoms. The third kappa shape index (κ3) is 5.79. The van der Waals surface area contributed by atoms with E-state index in [9.17, 15) is 19.7 Å². The number of ether oxygens (including phenoxy) is 2. The Kier molecular flexibility index (Phi) is 7.31. The van der Waals surface area contributed by atoms with Crippen LogP contribution in [0.2, 0.25) is 0 Å². The Balaban J connectivity index is 1.53. The lowest BCUT2D eigenvalue weighted by molar-refractivity contribution is -0.385. The van der Waals surface area contributed by atoms with Crippen molar-refractivity contribution in [1.82, 2.24) is 5.43 Å². The highest BCUT2D eigenvalue weighted by molar-refractivity contribution is 5.90. The number of carbonyl (C=O) groups excluding carboxylic acids is 2. The van der Waals surface area contributed by atoms with Gasteiger partial charge in [-0.1, -0.05) is 24.3 Å². The van der Waals surface area contributed by atoms with Crippen LogP contribution < -0.4 is 10.2 Å². The predicted molar refractivity (Wildman–Crippen MR) is 114 cm³/mol. The van der Waals surface area contributed by atoms with Crippen molar-refractivity contribution in [3.8, 4) is 17.1 Å². The Bertz CT molecular complexity index is 1140. The van der Waals surface area contributed by atoms with Gasteiger partial charge in [-0.05, 0) is 37.3 Å². The quantitative estimate of drug-likeness (QED) is 0.234. The highest BCUT2D eigenvalue weighted by Crippen LogP contribution is 2.25. The molecule has 32 heavy (non-hydrogen) atoms. The largest absolute Gasteiger partial charge is 0.477 e. The minimum atomic E-state index is -0.597. The zero-order valence-electron chi connectivity index (χ0n) is 17.0. The molecule has 1 heterocycles. The molecule has 3 rings (SSSR count). The van der Waals surface area contributed by atoms with E-state index in [0.717, 1.165) is 5.56 Å². The second-order valence-electron chi connectivity index (χ2n) is 6.31. The smallest absolute Gasteiger partial charge is 0.338 e. The van der Waals surface area contributed by atoms with Gasteiger partial charge >= 0.3 is 11.7 Å². The van der Waals surface area contributed by atoms with Gasteiger partial charge in [0.05, 0.1) is 23.3 Å². The van der Waals surface area contributed by atoms with Crippen molar-refractivity contribution in [1.29, 1.82) is 0 Å². The van der Waals surface area contributed by atoms with E-state index < -0.39 is 23.4 Å². The molecule has 10 heteroatoms. The van der Waals surface area contributed by atoms with Gasteiger partial charge in [-0.15, -0.1) is 0 Å². The number of hydrogen-bond acceptors (Lipinski definition) is 8. The number of hydrazone groups is 1. The van der Waals surface area contributed by atoms with Gasteiger partial charge in [0.15, 0.2) is 12.4 Å². The number of rotatable bonds is 9. The van der Waals surface area contributed by atoms with Crippen LogP contribution >= 0.6 is 0 Å². The maximum atomic E-state index is 11.9. The summed E-state index contributed by atoms with van der Waals surface area (Å²) in [5.74, 6) is -0.0720. The fourth-order valence-corrected chi connectivity index (χ4v) is 2.64. The second kappa shape index (κ2) is 10.5. The van der Waals surface area contributed by atoms with Crippen molar-refractivity contribution in [2.45, 2.75) is 6.92 Å². The number of para-hydroxylation sites is 2. The minimum absolute atomic E-state index is 0.0127. The summed E-state index contributed by atoms with van der Waals surface area (Å²) < 4.78 is 15.8. The Hall–Kier alpha value is -4.47. The number of nitro groups is 1. The number of hydrogen-bond donors (Lipinski definition) is 1. The van der Waals surface area contributed by atoms with E-state index in [1.165, 1.54) is 24.4 Å². The molecule has 2 aromatic carbocycles. The average molecular weight is 437 g/mol. The zero-order valence-corrected chi connectivity index (χ0v) is 17.0. The first kappa shape index (κ1) is 22.2. The molecule has 0 radical (unpaired) electrons. The van der Waals surface area contributed by atoms with Gasteiger partial charge in [-0.25, -0.2) is 10.2 Å². The van der Waals surface area contributed by atoms with E-state index in [4.69, 9.17) is 13.9 Å². The van der Waals surface area contributed by atoms with Crippen LogP contribution in [-0.4, -0.2) is 36.2 Å². The maximum Gasteiger partial charge on any atom is 0.338 e. The third-order valence-electron chi connectivity index (χ3n) is 4.11. The number of furan rings is 1. The summed E-state index contributed by atoms with van der Waals surface area (Å²) in [7, 11) is 0. The summed E-state index contributed by atoms with van der Waals surface area (Å²) in [5, 5.41) is 14.7. The molecule has 3 aromatic rings. The lowest BCUT2D eigenvalue weighted by atomic mass is 10.1. The molecule has 0 fully saturated rings. The molecule has 1 aromatic heterocycles. The molecular formula is C22H19N3O7. The molecule has 1 N–H and O–H groups in total. The normalized spacial score (nSPS) is 10.7. The number of nitrogens with zero attached hydrogens (tertiary/aromatic N) is 2. The molecular weight excluding hydrogens is 418 g/mol. The zero-order chi connectivity index (χ0) is 22.9. The Morgan fingerprint density at radius 2 is 1.88 bits per heavy atom. The number of amides is 1. The van der Waals surface area contributed by atoms with Gasteiger partial charge in [-0.3, -0.25) is 14.9 Å². The second-order valence-corrected chi connectivity index (χ2v) is 6.31. The first-order valence-electron chi connectivity index (χ1n) is 9.53. The molecule has 164 valence electrons. The molecule has 0 saturated heterocycles. The van der Waals surface area contributed by atoms with Gasteiger partial charge in [0, 0.05) is 11.6 Å². The number of nitro benzene ring substituents is 1. The minimum Gasteiger partial charge on any atom is -0.477 e. The fraction of sp³-hybridized carbons (Fsp3) is 0.136. The van der Waals surface area contributed by atoms with E-state index in [0.29, 0.717) is 23.7 Å². The highest BCUT2D eigenvalue weighted by atomic mass is 16.6. The van der Waals surface area contributed by atoms with Gasteiger partial charge in [0.1, 0.15) is 11.5 Å². The van der Waals surface area contributed by atoms with Crippen LogP contribution in [0.4, 0.5) is 5.69 Å². The standard InChI is InChI=1S/C22H19N3O7/c1-2-30-22(27)16-9-7-15(8-10-16)19-12-11-17(32-19)13-23-24-21(26)14-31-20-6-4-3-5-18(20)25(28)29/h3-13H,2,14H2,1H3,(H,24,26)/b23-13-. The lowest BCUT2D eigenvalue weighted by Gasteiger charge is -2.05. The van der Waals surface area contributed by atoms with E-state index in [1.54, 1.807) is 49.4 Å². The van der Waals surface area contributed by atoms with Gasteiger partial charge in [0.25, 0.3) is 5.91 Å². The van der Waals surface area contributed by atoms with Crippen molar-refractivity contribution >= 4 is 23.8 Å².